The molecular weight excluding hydrogens is 423 g/mol. The number of carbonyl (C=O) groups is 1. The van der Waals surface area contributed by atoms with Gasteiger partial charge in [-0.3, -0.25) is 4.79 Å². The number of anilines is 1. The van der Waals surface area contributed by atoms with E-state index in [0.717, 1.165) is 50.0 Å². The Kier molecular flexibility index (Phi) is 7.20. The molecule has 33 heavy (non-hydrogen) atoms. The number of halogens is 1. The summed E-state index contributed by atoms with van der Waals surface area (Å²) >= 11 is 0. The lowest BCUT2D eigenvalue weighted by Crippen LogP contribution is -2.34. The first-order valence-electron chi connectivity index (χ1n) is 12.0. The molecule has 4 rings (SSSR count). The molecule has 0 unspecified atom stereocenters. The normalized spacial score (nSPS) is 20.8. The van der Waals surface area contributed by atoms with E-state index in [1.54, 1.807) is 26.2 Å². The molecule has 1 amide bonds. The Labute approximate surface area is 195 Å². The summed E-state index contributed by atoms with van der Waals surface area (Å²) in [5.41, 5.74) is 0.399. The second-order valence-corrected chi connectivity index (χ2v) is 9.93. The standard InChI is InChI=1S/C25H35FN4O3/c1-16(2)24-27-25(33-28-24)30-10-7-17(8-11-30)21-13-18(21)9-12-32-20-6-5-19(22(26)15-20)14-23(31)29(3)4/h5-6,15-18,21H,7-14H2,1-4H3/t18-,21+/m0/s1. The molecule has 0 spiro atoms. The smallest absolute Gasteiger partial charge is 0.324 e. The van der Waals surface area contributed by atoms with E-state index in [0.29, 0.717) is 29.9 Å². The first kappa shape index (κ1) is 23.5. The van der Waals surface area contributed by atoms with E-state index in [4.69, 9.17) is 9.26 Å². The number of nitrogens with zero attached hydrogens (tertiary/aromatic N) is 4. The van der Waals surface area contributed by atoms with Crippen LogP contribution >= 0.6 is 0 Å². The van der Waals surface area contributed by atoms with Crippen LogP contribution in [0, 0.1) is 23.6 Å². The van der Waals surface area contributed by atoms with E-state index < -0.39 is 0 Å². The predicted octanol–water partition coefficient (Wildman–Crippen LogP) is 4.28. The van der Waals surface area contributed by atoms with Gasteiger partial charge in [0.15, 0.2) is 5.82 Å². The molecule has 8 heteroatoms. The van der Waals surface area contributed by atoms with Crippen LogP contribution in [0.3, 0.4) is 0 Å². The molecule has 1 aromatic carbocycles. The molecule has 2 heterocycles. The van der Waals surface area contributed by atoms with Gasteiger partial charge < -0.3 is 19.1 Å². The zero-order chi connectivity index (χ0) is 23.5. The van der Waals surface area contributed by atoms with Gasteiger partial charge in [-0.2, -0.15) is 4.98 Å². The molecular formula is C25H35FN4O3. The number of rotatable bonds is 9. The fourth-order valence-corrected chi connectivity index (χ4v) is 4.70. The third-order valence-corrected chi connectivity index (χ3v) is 6.96. The highest BCUT2D eigenvalue weighted by Gasteiger charge is 2.43. The maximum Gasteiger partial charge on any atom is 0.324 e. The van der Waals surface area contributed by atoms with E-state index >= 15 is 0 Å². The van der Waals surface area contributed by atoms with Crippen molar-refractivity contribution < 1.29 is 18.4 Å². The second kappa shape index (κ2) is 10.1. The molecule has 1 saturated carbocycles. The molecule has 2 aliphatic rings. The van der Waals surface area contributed by atoms with Crippen LogP contribution in [0.15, 0.2) is 22.7 Å². The number of hydrogen-bond acceptors (Lipinski definition) is 6. The zero-order valence-corrected chi connectivity index (χ0v) is 20.1. The highest BCUT2D eigenvalue weighted by atomic mass is 19.1. The Balaban J connectivity index is 1.17. The minimum absolute atomic E-state index is 0.0626. The van der Waals surface area contributed by atoms with Gasteiger partial charge in [0.1, 0.15) is 11.6 Å². The summed E-state index contributed by atoms with van der Waals surface area (Å²) in [7, 11) is 3.34. The molecule has 7 nitrogen and oxygen atoms in total. The van der Waals surface area contributed by atoms with Crippen molar-refractivity contribution in [1.29, 1.82) is 0 Å². The molecule has 1 aliphatic carbocycles. The number of hydrogen-bond donors (Lipinski definition) is 0. The molecule has 2 aromatic rings. The average Bonchev–Trinajstić information content (AvgIpc) is 3.38. The molecule has 1 saturated heterocycles. The molecule has 1 aromatic heterocycles. The summed E-state index contributed by atoms with van der Waals surface area (Å²) in [4.78, 5) is 20.0. The molecule has 0 N–H and O–H groups in total. The number of likely N-dealkylation sites (N-methyl/N-ethyl adjacent to an activating group) is 1. The molecule has 2 atom stereocenters. The highest BCUT2D eigenvalue weighted by molar-refractivity contribution is 5.78. The summed E-state index contributed by atoms with van der Waals surface area (Å²) < 4.78 is 25.5. The number of aromatic nitrogens is 2. The minimum Gasteiger partial charge on any atom is -0.493 e. The van der Waals surface area contributed by atoms with Gasteiger partial charge in [0.2, 0.25) is 5.91 Å². The molecule has 0 radical (unpaired) electrons. The zero-order valence-electron chi connectivity index (χ0n) is 20.1. The third-order valence-electron chi connectivity index (χ3n) is 6.96. The maximum absolute atomic E-state index is 14.3. The van der Waals surface area contributed by atoms with Gasteiger partial charge in [-0.05, 0) is 55.1 Å². The SMILES string of the molecule is CC(C)c1noc(N2CCC([C@H]3C[C@@H]3CCOc3ccc(CC(=O)N(C)C)c(F)c3)CC2)n1. The van der Waals surface area contributed by atoms with Crippen LogP contribution in [0.25, 0.3) is 0 Å². The summed E-state index contributed by atoms with van der Waals surface area (Å²) in [5, 5.41) is 4.08. The Morgan fingerprint density at radius 2 is 2.06 bits per heavy atom. The van der Waals surface area contributed by atoms with Crippen LogP contribution in [0.4, 0.5) is 10.4 Å². The average molecular weight is 459 g/mol. The van der Waals surface area contributed by atoms with Crippen LogP contribution < -0.4 is 9.64 Å². The van der Waals surface area contributed by atoms with Crippen LogP contribution in [-0.2, 0) is 11.2 Å². The monoisotopic (exact) mass is 458 g/mol. The Morgan fingerprint density at radius 1 is 1.30 bits per heavy atom. The Bertz CT molecular complexity index is 953. The van der Waals surface area contributed by atoms with E-state index in [1.807, 2.05) is 0 Å². The maximum atomic E-state index is 14.3. The lowest BCUT2D eigenvalue weighted by atomic mass is 9.90. The fourth-order valence-electron chi connectivity index (χ4n) is 4.70. The van der Waals surface area contributed by atoms with Crippen LogP contribution in [0.5, 0.6) is 5.75 Å². The summed E-state index contributed by atoms with van der Waals surface area (Å²) in [6, 6.07) is 5.44. The van der Waals surface area contributed by atoms with Gasteiger partial charge in [-0.25, -0.2) is 4.39 Å². The van der Waals surface area contributed by atoms with Crippen molar-refractivity contribution in [2.45, 2.75) is 51.9 Å². The third kappa shape index (κ3) is 5.84. The predicted molar refractivity (Wildman–Crippen MR) is 124 cm³/mol. The van der Waals surface area contributed by atoms with Gasteiger partial charge in [-0.1, -0.05) is 25.1 Å². The van der Waals surface area contributed by atoms with Crippen molar-refractivity contribution >= 4 is 11.9 Å². The largest absolute Gasteiger partial charge is 0.493 e. The van der Waals surface area contributed by atoms with Crippen molar-refractivity contribution in [3.05, 3.63) is 35.4 Å². The number of carbonyl (C=O) groups excluding carboxylic acids is 1. The second-order valence-electron chi connectivity index (χ2n) is 9.93. The van der Waals surface area contributed by atoms with Crippen molar-refractivity contribution in [2.75, 3.05) is 38.7 Å². The van der Waals surface area contributed by atoms with Gasteiger partial charge in [0.25, 0.3) is 0 Å². The summed E-state index contributed by atoms with van der Waals surface area (Å²) in [5.74, 6) is 3.26. The van der Waals surface area contributed by atoms with Gasteiger partial charge in [0.05, 0.1) is 13.0 Å². The Morgan fingerprint density at radius 3 is 2.70 bits per heavy atom. The van der Waals surface area contributed by atoms with Crippen molar-refractivity contribution in [3.8, 4) is 5.75 Å². The molecule has 0 bridgehead atoms. The quantitative estimate of drug-likeness (QED) is 0.558. The first-order chi connectivity index (χ1) is 15.8. The number of amides is 1. The van der Waals surface area contributed by atoms with Crippen LogP contribution in [-0.4, -0.2) is 54.7 Å². The topological polar surface area (TPSA) is 71.7 Å². The van der Waals surface area contributed by atoms with Gasteiger partial charge >= 0.3 is 6.01 Å². The lowest BCUT2D eigenvalue weighted by molar-refractivity contribution is -0.128. The minimum atomic E-state index is -0.388. The number of benzene rings is 1. The highest BCUT2D eigenvalue weighted by Crippen LogP contribution is 2.50. The van der Waals surface area contributed by atoms with Gasteiger partial charge in [0, 0.05) is 39.2 Å². The molecule has 180 valence electrons. The molecule has 1 aliphatic heterocycles. The van der Waals surface area contributed by atoms with E-state index in [1.165, 1.54) is 17.4 Å². The van der Waals surface area contributed by atoms with Crippen LogP contribution in [0.1, 0.15) is 56.8 Å². The van der Waals surface area contributed by atoms with Crippen molar-refractivity contribution in [2.24, 2.45) is 17.8 Å². The number of piperidine rings is 1. The Hall–Kier alpha value is -2.64. The summed E-state index contributed by atoms with van der Waals surface area (Å²) in [6.45, 7) is 6.66. The van der Waals surface area contributed by atoms with E-state index in [-0.39, 0.29) is 24.1 Å². The molecule has 2 fully saturated rings. The van der Waals surface area contributed by atoms with Crippen molar-refractivity contribution in [1.82, 2.24) is 15.0 Å². The van der Waals surface area contributed by atoms with E-state index in [2.05, 4.69) is 28.9 Å². The first-order valence-corrected chi connectivity index (χ1v) is 12.0. The number of ether oxygens (including phenoxy) is 1. The lowest BCUT2D eigenvalue weighted by Gasteiger charge is -2.30. The van der Waals surface area contributed by atoms with Gasteiger partial charge in [-0.15, -0.1) is 0 Å². The van der Waals surface area contributed by atoms with Crippen molar-refractivity contribution in [3.63, 3.8) is 0 Å². The fraction of sp³-hybridized carbons (Fsp3) is 0.640. The van der Waals surface area contributed by atoms with Crippen LogP contribution in [0.2, 0.25) is 0 Å². The summed E-state index contributed by atoms with van der Waals surface area (Å²) in [6.07, 6.45) is 4.62. The van der Waals surface area contributed by atoms with E-state index in [9.17, 15) is 9.18 Å².